The molecule has 1 nitrogen and oxygen atoms in total. The summed E-state index contributed by atoms with van der Waals surface area (Å²) in [5.41, 5.74) is 0.544. The van der Waals surface area contributed by atoms with E-state index in [1.165, 1.54) is 45.1 Å². The van der Waals surface area contributed by atoms with Crippen molar-refractivity contribution in [2.45, 2.75) is 65.7 Å². The van der Waals surface area contributed by atoms with Crippen molar-refractivity contribution in [2.24, 2.45) is 17.3 Å². The number of hydrogen-bond acceptors (Lipinski definition) is 1. The smallest absolute Gasteiger partial charge is 0.00861 e. The predicted molar refractivity (Wildman–Crippen MR) is 80.5 cm³/mol. The Labute approximate surface area is 114 Å². The van der Waals surface area contributed by atoms with Gasteiger partial charge in [0, 0.05) is 6.42 Å². The molecule has 1 rings (SSSR count). The van der Waals surface area contributed by atoms with Gasteiger partial charge in [-0.15, -0.1) is 12.3 Å². The Morgan fingerprint density at radius 1 is 1.33 bits per heavy atom. The van der Waals surface area contributed by atoms with Crippen molar-refractivity contribution < 1.29 is 0 Å². The molecule has 0 aromatic carbocycles. The number of rotatable bonds is 7. The Morgan fingerprint density at radius 2 is 2.11 bits per heavy atom. The van der Waals surface area contributed by atoms with Gasteiger partial charge in [-0.05, 0) is 68.9 Å². The van der Waals surface area contributed by atoms with Crippen LogP contribution in [0.15, 0.2) is 0 Å². The van der Waals surface area contributed by atoms with Gasteiger partial charge in [-0.2, -0.15) is 0 Å². The third kappa shape index (κ3) is 5.44. The highest BCUT2D eigenvalue weighted by molar-refractivity contribution is 4.88. The van der Waals surface area contributed by atoms with Crippen LogP contribution in [0.3, 0.4) is 0 Å². The lowest BCUT2D eigenvalue weighted by molar-refractivity contribution is 0.108. The summed E-state index contributed by atoms with van der Waals surface area (Å²) in [5, 5.41) is 3.61. The quantitative estimate of drug-likeness (QED) is 0.526. The number of nitrogens with one attached hydrogen (secondary N) is 1. The lowest BCUT2D eigenvalue weighted by Gasteiger charge is -2.41. The average molecular weight is 249 g/mol. The molecule has 0 aromatic rings. The Morgan fingerprint density at radius 3 is 2.78 bits per heavy atom. The van der Waals surface area contributed by atoms with E-state index in [2.05, 4.69) is 32.0 Å². The molecular formula is C17H31N. The van der Waals surface area contributed by atoms with Crippen molar-refractivity contribution in [3.05, 3.63) is 0 Å². The van der Waals surface area contributed by atoms with Gasteiger partial charge in [-0.1, -0.05) is 20.8 Å². The van der Waals surface area contributed by atoms with Crippen LogP contribution in [0.1, 0.15) is 65.7 Å². The molecule has 0 amide bonds. The molecule has 1 saturated carbocycles. The van der Waals surface area contributed by atoms with Gasteiger partial charge in [0.1, 0.15) is 0 Å². The molecule has 1 N–H and O–H groups in total. The van der Waals surface area contributed by atoms with Crippen LogP contribution < -0.4 is 5.32 Å². The van der Waals surface area contributed by atoms with Crippen LogP contribution in [0.25, 0.3) is 0 Å². The van der Waals surface area contributed by atoms with Gasteiger partial charge in [0.25, 0.3) is 0 Å². The highest BCUT2D eigenvalue weighted by Gasteiger charge is 2.33. The topological polar surface area (TPSA) is 12.0 Å². The highest BCUT2D eigenvalue weighted by atomic mass is 14.9. The van der Waals surface area contributed by atoms with Crippen LogP contribution >= 0.6 is 0 Å². The van der Waals surface area contributed by atoms with E-state index in [1.807, 2.05) is 0 Å². The van der Waals surface area contributed by atoms with Gasteiger partial charge in [-0.25, -0.2) is 0 Å². The predicted octanol–water partition coefficient (Wildman–Crippen LogP) is 4.23. The fourth-order valence-corrected chi connectivity index (χ4v) is 3.33. The Kier molecular flexibility index (Phi) is 6.79. The first-order valence-corrected chi connectivity index (χ1v) is 7.73. The normalized spacial score (nSPS) is 26.8. The SMILES string of the molecule is C#CCCCC1CC(C)(C)CCC1CNCCC. The second-order valence-corrected chi connectivity index (χ2v) is 6.73. The van der Waals surface area contributed by atoms with E-state index in [0.717, 1.165) is 24.8 Å². The van der Waals surface area contributed by atoms with E-state index in [9.17, 15) is 0 Å². The van der Waals surface area contributed by atoms with Gasteiger partial charge < -0.3 is 5.32 Å². The van der Waals surface area contributed by atoms with E-state index in [-0.39, 0.29) is 0 Å². The molecule has 1 fully saturated rings. The minimum atomic E-state index is 0.544. The van der Waals surface area contributed by atoms with Crippen LogP contribution in [-0.4, -0.2) is 13.1 Å². The molecule has 0 saturated heterocycles. The van der Waals surface area contributed by atoms with E-state index in [0.29, 0.717) is 5.41 Å². The maximum atomic E-state index is 5.37. The van der Waals surface area contributed by atoms with Crippen molar-refractivity contribution in [1.82, 2.24) is 5.32 Å². The Hall–Kier alpha value is -0.480. The van der Waals surface area contributed by atoms with Crippen LogP contribution in [0.5, 0.6) is 0 Å². The van der Waals surface area contributed by atoms with Crippen molar-refractivity contribution in [3.63, 3.8) is 0 Å². The van der Waals surface area contributed by atoms with Gasteiger partial charge >= 0.3 is 0 Å². The minimum Gasteiger partial charge on any atom is -0.316 e. The molecule has 0 heterocycles. The third-order valence-corrected chi connectivity index (χ3v) is 4.40. The molecule has 104 valence electrons. The summed E-state index contributed by atoms with van der Waals surface area (Å²) >= 11 is 0. The lowest BCUT2D eigenvalue weighted by atomic mass is 9.66. The van der Waals surface area contributed by atoms with E-state index < -0.39 is 0 Å². The summed E-state index contributed by atoms with van der Waals surface area (Å²) in [6.45, 7) is 9.47. The molecule has 1 heteroatoms. The molecule has 2 unspecified atom stereocenters. The fourth-order valence-electron chi connectivity index (χ4n) is 3.33. The maximum Gasteiger partial charge on any atom is 0.00861 e. The monoisotopic (exact) mass is 249 g/mol. The van der Waals surface area contributed by atoms with Crippen LogP contribution in [0.2, 0.25) is 0 Å². The molecule has 1 aliphatic carbocycles. The second kappa shape index (κ2) is 7.85. The molecule has 18 heavy (non-hydrogen) atoms. The van der Waals surface area contributed by atoms with Gasteiger partial charge in [0.15, 0.2) is 0 Å². The largest absolute Gasteiger partial charge is 0.316 e. The standard InChI is InChI=1S/C17H31N/c1-5-7-8-9-15-13-17(3,4)11-10-16(15)14-18-12-6-2/h1,15-16,18H,6-14H2,2-4H3. The fraction of sp³-hybridized carbons (Fsp3) is 0.882. The molecule has 2 atom stereocenters. The molecule has 0 aliphatic heterocycles. The third-order valence-electron chi connectivity index (χ3n) is 4.40. The lowest BCUT2D eigenvalue weighted by Crippen LogP contribution is -2.36. The van der Waals surface area contributed by atoms with E-state index >= 15 is 0 Å². The zero-order chi connectivity index (χ0) is 13.4. The van der Waals surface area contributed by atoms with E-state index in [1.54, 1.807) is 0 Å². The van der Waals surface area contributed by atoms with Gasteiger partial charge in [0.05, 0.1) is 0 Å². The summed E-state index contributed by atoms with van der Waals surface area (Å²) < 4.78 is 0. The zero-order valence-electron chi connectivity index (χ0n) is 12.6. The van der Waals surface area contributed by atoms with Crippen LogP contribution in [-0.2, 0) is 0 Å². The van der Waals surface area contributed by atoms with Crippen molar-refractivity contribution in [2.75, 3.05) is 13.1 Å². The Balaban J connectivity index is 2.43. The molecule has 1 aliphatic rings. The number of unbranched alkanes of at least 4 members (excludes halogenated alkanes) is 1. The highest BCUT2D eigenvalue weighted by Crippen LogP contribution is 2.43. The van der Waals surface area contributed by atoms with E-state index in [4.69, 9.17) is 6.42 Å². The van der Waals surface area contributed by atoms with Crippen LogP contribution in [0.4, 0.5) is 0 Å². The molecule has 0 aromatic heterocycles. The molecule has 0 spiro atoms. The second-order valence-electron chi connectivity index (χ2n) is 6.73. The first-order chi connectivity index (χ1) is 8.59. The minimum absolute atomic E-state index is 0.544. The summed E-state index contributed by atoms with van der Waals surface area (Å²) in [6.07, 6.45) is 14.3. The van der Waals surface area contributed by atoms with Crippen molar-refractivity contribution in [3.8, 4) is 12.3 Å². The zero-order valence-corrected chi connectivity index (χ0v) is 12.6. The molecule has 0 radical (unpaired) electrons. The number of terminal acetylenes is 1. The Bertz CT molecular complexity index is 261. The number of hydrogen-bond donors (Lipinski definition) is 1. The van der Waals surface area contributed by atoms with Gasteiger partial charge in [-0.3, -0.25) is 0 Å². The first kappa shape index (κ1) is 15.6. The summed E-state index contributed by atoms with van der Waals surface area (Å²) in [6, 6.07) is 0. The summed E-state index contributed by atoms with van der Waals surface area (Å²) in [5.74, 6) is 4.54. The average Bonchev–Trinajstić information content (AvgIpc) is 2.32. The van der Waals surface area contributed by atoms with Crippen molar-refractivity contribution in [1.29, 1.82) is 0 Å². The molecule has 0 bridgehead atoms. The van der Waals surface area contributed by atoms with Gasteiger partial charge in [0.2, 0.25) is 0 Å². The maximum absolute atomic E-state index is 5.37. The first-order valence-electron chi connectivity index (χ1n) is 7.73. The summed E-state index contributed by atoms with van der Waals surface area (Å²) in [4.78, 5) is 0. The van der Waals surface area contributed by atoms with Crippen molar-refractivity contribution >= 4 is 0 Å². The molecular weight excluding hydrogens is 218 g/mol. The van der Waals surface area contributed by atoms with Crippen LogP contribution in [0, 0.1) is 29.6 Å². The summed E-state index contributed by atoms with van der Waals surface area (Å²) in [7, 11) is 0.